The summed E-state index contributed by atoms with van der Waals surface area (Å²) in [4.78, 5) is 14.0. The summed E-state index contributed by atoms with van der Waals surface area (Å²) in [5, 5.41) is 3.34. The summed E-state index contributed by atoms with van der Waals surface area (Å²) in [5.74, 6) is 2.33. The molecular formula is C17H27ClN2O3. The van der Waals surface area contributed by atoms with E-state index in [9.17, 15) is 4.79 Å². The van der Waals surface area contributed by atoms with Crippen molar-refractivity contribution in [2.75, 3.05) is 34.4 Å². The van der Waals surface area contributed by atoms with Crippen molar-refractivity contribution in [2.45, 2.75) is 25.8 Å². The van der Waals surface area contributed by atoms with Crippen LogP contribution in [0, 0.1) is 5.92 Å². The lowest BCUT2D eigenvalue weighted by atomic mass is 10.0. The zero-order chi connectivity index (χ0) is 15.9. The summed E-state index contributed by atoms with van der Waals surface area (Å²) in [6, 6.07) is 5.68. The fraction of sp³-hybridized carbons (Fsp3) is 0.588. The number of halogens is 1. The van der Waals surface area contributed by atoms with Crippen LogP contribution in [-0.2, 0) is 11.3 Å². The highest BCUT2D eigenvalue weighted by Crippen LogP contribution is 2.25. The molecule has 0 aliphatic carbocycles. The lowest BCUT2D eigenvalue weighted by Gasteiger charge is -2.20. The number of hydrogen-bond donors (Lipinski definition) is 1. The topological polar surface area (TPSA) is 50.8 Å². The Balaban J connectivity index is 0.00000264. The van der Waals surface area contributed by atoms with Crippen LogP contribution in [-0.4, -0.2) is 45.2 Å². The summed E-state index contributed by atoms with van der Waals surface area (Å²) in [5.41, 5.74) is 0.988. The van der Waals surface area contributed by atoms with Crippen molar-refractivity contribution in [2.24, 2.45) is 5.92 Å². The third kappa shape index (κ3) is 5.59. The van der Waals surface area contributed by atoms with Gasteiger partial charge in [-0.1, -0.05) is 0 Å². The molecule has 1 unspecified atom stereocenters. The number of nitrogens with zero attached hydrogens (tertiary/aromatic N) is 1. The second-order valence-corrected chi connectivity index (χ2v) is 5.83. The van der Waals surface area contributed by atoms with Crippen LogP contribution >= 0.6 is 12.4 Å². The molecule has 1 aromatic rings. The average Bonchev–Trinajstić information content (AvgIpc) is 3.06. The normalized spacial score (nSPS) is 16.6. The monoisotopic (exact) mass is 342 g/mol. The van der Waals surface area contributed by atoms with E-state index in [4.69, 9.17) is 9.47 Å². The molecule has 1 atom stereocenters. The molecule has 0 radical (unpaired) electrons. The molecule has 1 heterocycles. The van der Waals surface area contributed by atoms with E-state index in [1.54, 1.807) is 19.1 Å². The van der Waals surface area contributed by atoms with Crippen molar-refractivity contribution in [1.82, 2.24) is 10.2 Å². The first-order valence-corrected chi connectivity index (χ1v) is 7.79. The van der Waals surface area contributed by atoms with Gasteiger partial charge in [0.25, 0.3) is 0 Å². The Kier molecular flexibility index (Phi) is 8.20. The van der Waals surface area contributed by atoms with E-state index >= 15 is 0 Å². The van der Waals surface area contributed by atoms with Gasteiger partial charge in [0.05, 0.1) is 14.2 Å². The molecule has 1 saturated heterocycles. The number of carbonyl (C=O) groups excluding carboxylic acids is 1. The standard InChI is InChI=1S/C17H26N2O3.ClH/c1-19(17(20)7-4-13-8-9-18-11-13)12-14-5-6-15(21-2)10-16(14)22-3;/h5-6,10,13,18H,4,7-9,11-12H2,1-3H3;1H. The van der Waals surface area contributed by atoms with Crippen molar-refractivity contribution in [1.29, 1.82) is 0 Å². The molecule has 0 saturated carbocycles. The number of ether oxygens (including phenoxy) is 2. The Morgan fingerprint density at radius 3 is 2.74 bits per heavy atom. The third-order valence-electron chi connectivity index (χ3n) is 4.26. The summed E-state index contributed by atoms with van der Waals surface area (Å²) in [7, 11) is 5.11. The molecule has 1 aromatic carbocycles. The predicted octanol–water partition coefficient (Wildman–Crippen LogP) is 2.47. The van der Waals surface area contributed by atoms with E-state index in [1.807, 2.05) is 25.2 Å². The highest BCUT2D eigenvalue weighted by molar-refractivity contribution is 5.85. The van der Waals surface area contributed by atoms with Gasteiger partial charge in [-0.2, -0.15) is 0 Å². The van der Waals surface area contributed by atoms with Crippen LogP contribution < -0.4 is 14.8 Å². The summed E-state index contributed by atoms with van der Waals surface area (Å²) < 4.78 is 10.6. The molecule has 1 aliphatic heterocycles. The van der Waals surface area contributed by atoms with E-state index in [0.717, 1.165) is 36.6 Å². The number of benzene rings is 1. The van der Waals surface area contributed by atoms with Crippen molar-refractivity contribution in [3.05, 3.63) is 23.8 Å². The second kappa shape index (κ2) is 9.63. The SMILES string of the molecule is COc1ccc(CN(C)C(=O)CCC2CCNC2)c(OC)c1.Cl. The van der Waals surface area contributed by atoms with Gasteiger partial charge in [-0.05, 0) is 44.0 Å². The largest absolute Gasteiger partial charge is 0.497 e. The zero-order valence-corrected chi connectivity index (χ0v) is 14.9. The minimum Gasteiger partial charge on any atom is -0.497 e. The predicted molar refractivity (Wildman–Crippen MR) is 93.5 cm³/mol. The van der Waals surface area contributed by atoms with Crippen LogP contribution in [0.3, 0.4) is 0 Å². The van der Waals surface area contributed by atoms with Crippen LogP contribution in [0.25, 0.3) is 0 Å². The Labute approximate surface area is 144 Å². The molecule has 23 heavy (non-hydrogen) atoms. The Bertz CT molecular complexity index is 505. The minimum absolute atomic E-state index is 0. The van der Waals surface area contributed by atoms with Gasteiger partial charge < -0.3 is 19.7 Å². The molecule has 2 rings (SSSR count). The first-order valence-electron chi connectivity index (χ1n) is 7.79. The fourth-order valence-corrected chi connectivity index (χ4v) is 2.81. The van der Waals surface area contributed by atoms with E-state index in [-0.39, 0.29) is 18.3 Å². The zero-order valence-electron chi connectivity index (χ0n) is 14.1. The maximum Gasteiger partial charge on any atom is 0.222 e. The summed E-state index contributed by atoms with van der Waals surface area (Å²) in [6.07, 6.45) is 2.76. The first kappa shape index (κ1) is 19.6. The Hall–Kier alpha value is -1.46. The summed E-state index contributed by atoms with van der Waals surface area (Å²) in [6.45, 7) is 2.68. The van der Waals surface area contributed by atoms with E-state index in [1.165, 1.54) is 6.42 Å². The number of amides is 1. The Morgan fingerprint density at radius 2 is 2.13 bits per heavy atom. The highest BCUT2D eigenvalue weighted by Gasteiger charge is 2.18. The minimum atomic E-state index is 0. The maximum atomic E-state index is 12.3. The highest BCUT2D eigenvalue weighted by atomic mass is 35.5. The molecule has 130 valence electrons. The van der Waals surface area contributed by atoms with Crippen LogP contribution in [0.5, 0.6) is 11.5 Å². The molecule has 0 spiro atoms. The van der Waals surface area contributed by atoms with E-state index in [0.29, 0.717) is 18.9 Å². The molecule has 6 heteroatoms. The number of methoxy groups -OCH3 is 2. The summed E-state index contributed by atoms with van der Waals surface area (Å²) >= 11 is 0. The fourth-order valence-electron chi connectivity index (χ4n) is 2.81. The van der Waals surface area contributed by atoms with Crippen LogP contribution in [0.2, 0.25) is 0 Å². The van der Waals surface area contributed by atoms with Gasteiger partial charge in [0.15, 0.2) is 0 Å². The average molecular weight is 343 g/mol. The number of hydrogen-bond acceptors (Lipinski definition) is 4. The van der Waals surface area contributed by atoms with Gasteiger partial charge in [0.2, 0.25) is 5.91 Å². The van der Waals surface area contributed by atoms with Gasteiger partial charge in [0, 0.05) is 31.6 Å². The van der Waals surface area contributed by atoms with Crippen LogP contribution in [0.15, 0.2) is 18.2 Å². The van der Waals surface area contributed by atoms with Gasteiger partial charge in [-0.3, -0.25) is 4.79 Å². The van der Waals surface area contributed by atoms with Crippen molar-refractivity contribution in [3.63, 3.8) is 0 Å². The quantitative estimate of drug-likeness (QED) is 0.827. The number of rotatable bonds is 7. The van der Waals surface area contributed by atoms with Crippen molar-refractivity contribution >= 4 is 18.3 Å². The molecule has 0 bridgehead atoms. The number of nitrogens with one attached hydrogen (secondary N) is 1. The lowest BCUT2D eigenvalue weighted by molar-refractivity contribution is -0.130. The Morgan fingerprint density at radius 1 is 1.35 bits per heavy atom. The van der Waals surface area contributed by atoms with Gasteiger partial charge >= 0.3 is 0 Å². The lowest BCUT2D eigenvalue weighted by Crippen LogP contribution is -2.26. The van der Waals surface area contributed by atoms with Gasteiger partial charge in [-0.25, -0.2) is 0 Å². The molecular weight excluding hydrogens is 316 g/mol. The van der Waals surface area contributed by atoms with Gasteiger partial charge in [-0.15, -0.1) is 12.4 Å². The number of carbonyl (C=O) groups is 1. The third-order valence-corrected chi connectivity index (χ3v) is 4.26. The molecule has 0 aromatic heterocycles. The van der Waals surface area contributed by atoms with Crippen molar-refractivity contribution < 1.29 is 14.3 Å². The molecule has 1 fully saturated rings. The molecule has 1 N–H and O–H groups in total. The van der Waals surface area contributed by atoms with Crippen LogP contribution in [0.4, 0.5) is 0 Å². The molecule has 1 aliphatic rings. The van der Waals surface area contributed by atoms with Crippen molar-refractivity contribution in [3.8, 4) is 11.5 Å². The molecule has 5 nitrogen and oxygen atoms in total. The van der Waals surface area contributed by atoms with E-state index < -0.39 is 0 Å². The van der Waals surface area contributed by atoms with Gasteiger partial charge in [0.1, 0.15) is 11.5 Å². The van der Waals surface area contributed by atoms with E-state index in [2.05, 4.69) is 5.32 Å². The smallest absolute Gasteiger partial charge is 0.222 e. The first-order chi connectivity index (χ1) is 10.6. The van der Waals surface area contributed by atoms with Crippen LogP contribution in [0.1, 0.15) is 24.8 Å². The maximum absolute atomic E-state index is 12.3. The molecule has 1 amide bonds. The second-order valence-electron chi connectivity index (χ2n) is 5.83.